The number of ether oxygens (including phenoxy) is 1. The molecule has 2 aliphatic rings. The SMILES string of the molecule is O=S(=O)(c1ccc2c(c1)CN(CCCCl)CC2)N1CCOCC1. The third-order valence-corrected chi connectivity index (χ3v) is 6.65. The minimum absolute atomic E-state index is 0.400. The van der Waals surface area contributed by atoms with Crippen molar-refractivity contribution in [1.29, 1.82) is 0 Å². The van der Waals surface area contributed by atoms with Gasteiger partial charge in [-0.3, -0.25) is 4.90 Å². The van der Waals surface area contributed by atoms with Gasteiger partial charge in [0.15, 0.2) is 0 Å². The van der Waals surface area contributed by atoms with Crippen LogP contribution in [0.5, 0.6) is 0 Å². The smallest absolute Gasteiger partial charge is 0.243 e. The lowest BCUT2D eigenvalue weighted by molar-refractivity contribution is 0.0730. The fourth-order valence-corrected chi connectivity index (χ4v) is 4.74. The summed E-state index contributed by atoms with van der Waals surface area (Å²) in [7, 11) is -3.42. The summed E-state index contributed by atoms with van der Waals surface area (Å²) in [6.45, 7) is 4.58. The molecule has 0 N–H and O–H groups in total. The lowest BCUT2D eigenvalue weighted by atomic mass is 10.00. The molecule has 23 heavy (non-hydrogen) atoms. The normalized spacial score (nSPS) is 20.4. The van der Waals surface area contributed by atoms with Crippen LogP contribution in [0.15, 0.2) is 23.1 Å². The molecule has 2 heterocycles. The Morgan fingerprint density at radius 3 is 2.65 bits per heavy atom. The Bertz CT molecular complexity index is 645. The predicted molar refractivity (Wildman–Crippen MR) is 90.3 cm³/mol. The van der Waals surface area contributed by atoms with Crippen LogP contribution >= 0.6 is 11.6 Å². The summed E-state index contributed by atoms with van der Waals surface area (Å²) in [4.78, 5) is 2.74. The zero-order valence-corrected chi connectivity index (χ0v) is 14.8. The molecule has 0 radical (unpaired) electrons. The van der Waals surface area contributed by atoms with Crippen molar-refractivity contribution in [3.8, 4) is 0 Å². The van der Waals surface area contributed by atoms with E-state index in [4.69, 9.17) is 16.3 Å². The van der Waals surface area contributed by atoms with Gasteiger partial charge in [0, 0.05) is 32.1 Å². The predicted octanol–water partition coefficient (Wildman–Crippen LogP) is 1.69. The Labute approximate surface area is 143 Å². The summed E-state index contributed by atoms with van der Waals surface area (Å²) in [5, 5.41) is 0. The highest BCUT2D eigenvalue weighted by Gasteiger charge is 2.27. The third-order valence-electron chi connectivity index (χ3n) is 4.48. The van der Waals surface area contributed by atoms with Crippen molar-refractivity contribution in [3.63, 3.8) is 0 Å². The molecule has 128 valence electrons. The summed E-state index contributed by atoms with van der Waals surface area (Å²) < 4.78 is 32.3. The maximum absolute atomic E-state index is 12.8. The number of benzene rings is 1. The first-order valence-corrected chi connectivity index (χ1v) is 10.1. The summed E-state index contributed by atoms with van der Waals surface area (Å²) in [6.07, 6.45) is 1.93. The van der Waals surface area contributed by atoms with Crippen molar-refractivity contribution >= 4 is 21.6 Å². The first kappa shape index (κ1) is 17.2. The van der Waals surface area contributed by atoms with Gasteiger partial charge >= 0.3 is 0 Å². The molecule has 1 saturated heterocycles. The lowest BCUT2D eigenvalue weighted by Gasteiger charge is -2.30. The molecular formula is C16H23ClN2O3S. The first-order chi connectivity index (χ1) is 11.1. The molecular weight excluding hydrogens is 336 g/mol. The van der Waals surface area contributed by atoms with Gasteiger partial charge in [-0.2, -0.15) is 4.31 Å². The fraction of sp³-hybridized carbons (Fsp3) is 0.625. The van der Waals surface area contributed by atoms with E-state index >= 15 is 0 Å². The molecule has 0 spiro atoms. The van der Waals surface area contributed by atoms with Crippen LogP contribution in [0.25, 0.3) is 0 Å². The van der Waals surface area contributed by atoms with Gasteiger partial charge < -0.3 is 4.74 Å². The van der Waals surface area contributed by atoms with Crippen LogP contribution in [-0.4, -0.2) is 62.9 Å². The fourth-order valence-electron chi connectivity index (χ4n) is 3.16. The Kier molecular flexibility index (Phi) is 5.59. The van der Waals surface area contributed by atoms with Gasteiger partial charge in [-0.1, -0.05) is 6.07 Å². The number of nitrogens with zero attached hydrogens (tertiary/aromatic N) is 2. The van der Waals surface area contributed by atoms with Gasteiger partial charge in [0.25, 0.3) is 0 Å². The number of morpholine rings is 1. The Morgan fingerprint density at radius 2 is 1.91 bits per heavy atom. The first-order valence-electron chi connectivity index (χ1n) is 8.09. The lowest BCUT2D eigenvalue weighted by Crippen LogP contribution is -2.40. The van der Waals surface area contributed by atoms with E-state index in [9.17, 15) is 8.42 Å². The monoisotopic (exact) mass is 358 g/mol. The zero-order chi connectivity index (χ0) is 16.3. The van der Waals surface area contributed by atoms with Crippen LogP contribution in [0.2, 0.25) is 0 Å². The van der Waals surface area contributed by atoms with Crippen LogP contribution in [0, 0.1) is 0 Å². The van der Waals surface area contributed by atoms with E-state index in [-0.39, 0.29) is 0 Å². The van der Waals surface area contributed by atoms with Crippen molar-refractivity contribution in [2.45, 2.75) is 24.3 Å². The number of fused-ring (bicyclic) bond motifs is 1. The van der Waals surface area contributed by atoms with Gasteiger partial charge in [-0.05, 0) is 42.6 Å². The van der Waals surface area contributed by atoms with Crippen molar-refractivity contribution in [1.82, 2.24) is 9.21 Å². The standard InChI is InChI=1S/C16H23ClN2O3S/c17-5-1-6-18-7-4-14-2-3-16(12-15(14)13-18)23(20,21)19-8-10-22-11-9-19/h2-3,12H,1,4-11,13H2. The topological polar surface area (TPSA) is 49.9 Å². The van der Waals surface area contributed by atoms with E-state index in [0.717, 1.165) is 38.0 Å². The molecule has 0 aliphatic carbocycles. The molecule has 0 bridgehead atoms. The highest BCUT2D eigenvalue weighted by atomic mass is 35.5. The van der Waals surface area contributed by atoms with Crippen LogP contribution in [-0.2, 0) is 27.7 Å². The molecule has 2 aliphatic heterocycles. The Hall–Kier alpha value is -0.660. The molecule has 0 aromatic heterocycles. The highest BCUT2D eigenvalue weighted by molar-refractivity contribution is 7.89. The van der Waals surface area contributed by atoms with E-state index in [1.54, 1.807) is 6.07 Å². The number of sulfonamides is 1. The largest absolute Gasteiger partial charge is 0.379 e. The molecule has 1 aromatic carbocycles. The Morgan fingerprint density at radius 1 is 1.13 bits per heavy atom. The number of halogens is 1. The minimum Gasteiger partial charge on any atom is -0.379 e. The third kappa shape index (κ3) is 3.88. The quantitative estimate of drug-likeness (QED) is 0.752. The number of alkyl halides is 1. The van der Waals surface area contributed by atoms with E-state index in [1.165, 1.54) is 9.87 Å². The van der Waals surface area contributed by atoms with E-state index in [1.807, 2.05) is 12.1 Å². The van der Waals surface area contributed by atoms with Crippen LogP contribution < -0.4 is 0 Å². The van der Waals surface area contributed by atoms with Gasteiger partial charge in [-0.25, -0.2) is 8.42 Å². The van der Waals surface area contributed by atoms with Gasteiger partial charge in [0.2, 0.25) is 10.0 Å². The van der Waals surface area contributed by atoms with Crippen molar-refractivity contribution in [3.05, 3.63) is 29.3 Å². The number of rotatable bonds is 5. The Balaban J connectivity index is 1.80. The van der Waals surface area contributed by atoms with Gasteiger partial charge in [0.1, 0.15) is 0 Å². The van der Waals surface area contributed by atoms with E-state index in [0.29, 0.717) is 37.1 Å². The summed E-state index contributed by atoms with van der Waals surface area (Å²) in [6, 6.07) is 5.58. The molecule has 0 amide bonds. The highest BCUT2D eigenvalue weighted by Crippen LogP contribution is 2.25. The second kappa shape index (κ2) is 7.49. The van der Waals surface area contributed by atoms with Crippen molar-refractivity contribution < 1.29 is 13.2 Å². The second-order valence-corrected chi connectivity index (χ2v) is 8.33. The van der Waals surface area contributed by atoms with Crippen molar-refractivity contribution in [2.24, 2.45) is 0 Å². The van der Waals surface area contributed by atoms with E-state index < -0.39 is 10.0 Å². The van der Waals surface area contributed by atoms with Crippen LogP contribution in [0.3, 0.4) is 0 Å². The average molecular weight is 359 g/mol. The zero-order valence-electron chi connectivity index (χ0n) is 13.2. The van der Waals surface area contributed by atoms with Crippen LogP contribution in [0.4, 0.5) is 0 Å². The molecule has 0 saturated carbocycles. The molecule has 0 atom stereocenters. The van der Waals surface area contributed by atoms with Crippen LogP contribution in [0.1, 0.15) is 17.5 Å². The summed E-state index contributed by atoms with van der Waals surface area (Å²) in [5.41, 5.74) is 2.38. The molecule has 1 fully saturated rings. The average Bonchev–Trinajstić information content (AvgIpc) is 2.60. The van der Waals surface area contributed by atoms with Gasteiger partial charge in [-0.15, -0.1) is 11.6 Å². The van der Waals surface area contributed by atoms with E-state index in [2.05, 4.69) is 4.90 Å². The minimum atomic E-state index is -3.42. The molecule has 5 nitrogen and oxygen atoms in total. The summed E-state index contributed by atoms with van der Waals surface area (Å²) in [5.74, 6) is 0.662. The molecule has 0 unspecified atom stereocenters. The molecule has 1 aromatic rings. The van der Waals surface area contributed by atoms with Crippen molar-refractivity contribution in [2.75, 3.05) is 45.3 Å². The second-order valence-electron chi connectivity index (χ2n) is 6.02. The maximum Gasteiger partial charge on any atom is 0.243 e. The molecule has 3 rings (SSSR count). The summed E-state index contributed by atoms with van der Waals surface area (Å²) >= 11 is 5.77. The maximum atomic E-state index is 12.8. The van der Waals surface area contributed by atoms with Gasteiger partial charge in [0.05, 0.1) is 18.1 Å². The number of hydrogen-bond acceptors (Lipinski definition) is 4. The number of hydrogen-bond donors (Lipinski definition) is 0. The molecule has 7 heteroatoms.